The van der Waals surface area contributed by atoms with E-state index in [1.54, 1.807) is 0 Å². The Hall–Kier alpha value is -0.680. The predicted octanol–water partition coefficient (Wildman–Crippen LogP) is 3.28. The molecule has 1 atom stereocenters. The Bertz CT molecular complexity index is 433. The second-order valence-electron chi connectivity index (χ2n) is 4.60. The molecule has 1 N–H and O–H groups in total. The molecule has 2 rings (SSSR count). The summed E-state index contributed by atoms with van der Waals surface area (Å²) >= 11 is 2.89. The number of nitrogens with one attached hydrogen (secondary N) is 1. The highest BCUT2D eigenvalue weighted by Crippen LogP contribution is 2.33. The lowest BCUT2D eigenvalue weighted by Crippen LogP contribution is -2.31. The third-order valence-electron chi connectivity index (χ3n) is 3.31. The summed E-state index contributed by atoms with van der Waals surface area (Å²) in [6.07, 6.45) is 2.82. The lowest BCUT2D eigenvalue weighted by atomic mass is 9.92. The van der Waals surface area contributed by atoms with Gasteiger partial charge in [-0.2, -0.15) is 0 Å². The first kappa shape index (κ1) is 13.7. The van der Waals surface area contributed by atoms with E-state index in [4.69, 9.17) is 4.74 Å². The lowest BCUT2D eigenvalue weighted by Gasteiger charge is -2.23. The van der Waals surface area contributed by atoms with Gasteiger partial charge in [0.25, 0.3) is 0 Å². The summed E-state index contributed by atoms with van der Waals surface area (Å²) in [6, 6.07) is 1.36. The molecule has 1 aromatic carbocycles. The van der Waals surface area contributed by atoms with E-state index >= 15 is 0 Å². The molecule has 0 amide bonds. The maximum atomic E-state index is 13.9. The summed E-state index contributed by atoms with van der Waals surface area (Å²) < 4.78 is 32.3. The van der Waals surface area contributed by atoms with Crippen molar-refractivity contribution in [1.29, 1.82) is 0 Å². The Morgan fingerprint density at radius 1 is 1.50 bits per heavy atom. The molecule has 1 heterocycles. The van der Waals surface area contributed by atoms with Crippen LogP contribution in [-0.4, -0.2) is 20.2 Å². The van der Waals surface area contributed by atoms with Crippen LogP contribution in [0.25, 0.3) is 0 Å². The van der Waals surface area contributed by atoms with Crippen LogP contribution in [-0.2, 0) is 6.42 Å². The van der Waals surface area contributed by atoms with Gasteiger partial charge in [-0.1, -0.05) is 0 Å². The Morgan fingerprint density at radius 3 is 2.89 bits per heavy atom. The van der Waals surface area contributed by atoms with E-state index in [-0.39, 0.29) is 10.2 Å². The second-order valence-corrected chi connectivity index (χ2v) is 5.39. The van der Waals surface area contributed by atoms with Gasteiger partial charge in [0.2, 0.25) is 0 Å². The van der Waals surface area contributed by atoms with Crippen molar-refractivity contribution in [3.8, 4) is 5.75 Å². The summed E-state index contributed by atoms with van der Waals surface area (Å²) in [7, 11) is 1.41. The summed E-state index contributed by atoms with van der Waals surface area (Å²) in [6.45, 7) is 1.92. The highest BCUT2D eigenvalue weighted by molar-refractivity contribution is 9.10. The molecule has 1 aliphatic rings. The van der Waals surface area contributed by atoms with Crippen molar-refractivity contribution in [2.75, 3.05) is 20.2 Å². The third-order valence-corrected chi connectivity index (χ3v) is 4.03. The molecular weight excluding hydrogens is 304 g/mol. The van der Waals surface area contributed by atoms with Crippen molar-refractivity contribution < 1.29 is 13.5 Å². The van der Waals surface area contributed by atoms with Gasteiger partial charge in [-0.15, -0.1) is 0 Å². The molecule has 0 aromatic heterocycles. The molecule has 1 fully saturated rings. The minimum absolute atomic E-state index is 0.147. The van der Waals surface area contributed by atoms with Crippen LogP contribution < -0.4 is 10.1 Å². The Labute approximate surface area is 114 Å². The van der Waals surface area contributed by atoms with Crippen molar-refractivity contribution in [2.24, 2.45) is 5.92 Å². The fourth-order valence-electron chi connectivity index (χ4n) is 2.41. The minimum Gasteiger partial charge on any atom is -0.493 e. The number of hydrogen-bond donors (Lipinski definition) is 1. The topological polar surface area (TPSA) is 21.3 Å². The SMILES string of the molecule is COc1c(CC2CCCNC2)cc(F)c(Br)c1F. The van der Waals surface area contributed by atoms with Gasteiger partial charge >= 0.3 is 0 Å². The van der Waals surface area contributed by atoms with Crippen molar-refractivity contribution in [1.82, 2.24) is 5.32 Å². The number of benzene rings is 1. The van der Waals surface area contributed by atoms with Crippen LogP contribution in [0.3, 0.4) is 0 Å². The fraction of sp³-hybridized carbons (Fsp3) is 0.538. The van der Waals surface area contributed by atoms with Gasteiger partial charge in [-0.3, -0.25) is 0 Å². The average molecular weight is 320 g/mol. The quantitative estimate of drug-likeness (QED) is 0.863. The van der Waals surface area contributed by atoms with Crippen LogP contribution in [0.1, 0.15) is 18.4 Å². The Kier molecular flexibility index (Phi) is 4.56. The largest absolute Gasteiger partial charge is 0.493 e. The van der Waals surface area contributed by atoms with E-state index in [0.29, 0.717) is 17.9 Å². The molecule has 0 aliphatic carbocycles. The monoisotopic (exact) mass is 319 g/mol. The molecule has 0 saturated carbocycles. The predicted molar refractivity (Wildman–Crippen MR) is 69.9 cm³/mol. The first-order chi connectivity index (χ1) is 8.63. The van der Waals surface area contributed by atoms with Gasteiger partial charge in [-0.25, -0.2) is 8.78 Å². The summed E-state index contributed by atoms with van der Waals surface area (Å²) in [5, 5.41) is 3.30. The molecule has 1 unspecified atom stereocenters. The van der Waals surface area contributed by atoms with Crippen molar-refractivity contribution in [2.45, 2.75) is 19.3 Å². The first-order valence-electron chi connectivity index (χ1n) is 6.04. The molecule has 5 heteroatoms. The number of ether oxygens (including phenoxy) is 1. The highest BCUT2D eigenvalue weighted by Gasteiger charge is 2.21. The van der Waals surface area contributed by atoms with Crippen LogP contribution in [0.15, 0.2) is 10.5 Å². The van der Waals surface area contributed by atoms with Crippen LogP contribution in [0.2, 0.25) is 0 Å². The zero-order valence-electron chi connectivity index (χ0n) is 10.2. The third kappa shape index (κ3) is 2.83. The van der Waals surface area contributed by atoms with Crippen LogP contribution in [0.5, 0.6) is 5.75 Å². The van der Waals surface area contributed by atoms with Crippen molar-refractivity contribution >= 4 is 15.9 Å². The maximum absolute atomic E-state index is 13.9. The van der Waals surface area contributed by atoms with E-state index in [0.717, 1.165) is 25.9 Å². The van der Waals surface area contributed by atoms with Gasteiger partial charge in [0.1, 0.15) is 5.82 Å². The molecule has 0 bridgehead atoms. The van der Waals surface area contributed by atoms with E-state index in [9.17, 15) is 8.78 Å². The first-order valence-corrected chi connectivity index (χ1v) is 6.84. The number of methoxy groups -OCH3 is 1. The van der Waals surface area contributed by atoms with Crippen LogP contribution in [0, 0.1) is 17.6 Å². The van der Waals surface area contributed by atoms with E-state index in [1.165, 1.54) is 13.2 Å². The van der Waals surface area contributed by atoms with Gasteiger partial charge in [-0.05, 0) is 60.3 Å². The maximum Gasteiger partial charge on any atom is 0.182 e. The molecule has 1 aliphatic heterocycles. The Morgan fingerprint density at radius 2 is 2.28 bits per heavy atom. The van der Waals surface area contributed by atoms with E-state index < -0.39 is 11.6 Å². The fourth-order valence-corrected chi connectivity index (χ4v) is 2.70. The molecule has 0 spiro atoms. The van der Waals surface area contributed by atoms with Gasteiger partial charge < -0.3 is 10.1 Å². The molecule has 2 nitrogen and oxygen atoms in total. The summed E-state index contributed by atoms with van der Waals surface area (Å²) in [5.41, 5.74) is 0.601. The summed E-state index contributed by atoms with van der Waals surface area (Å²) in [4.78, 5) is 0. The zero-order chi connectivity index (χ0) is 13.1. The Balaban J connectivity index is 2.25. The van der Waals surface area contributed by atoms with Gasteiger partial charge in [0.05, 0.1) is 11.6 Å². The number of hydrogen-bond acceptors (Lipinski definition) is 2. The summed E-state index contributed by atoms with van der Waals surface area (Å²) in [5.74, 6) is -0.676. The molecule has 1 saturated heterocycles. The molecule has 100 valence electrons. The van der Waals surface area contributed by atoms with Crippen LogP contribution in [0.4, 0.5) is 8.78 Å². The number of rotatable bonds is 3. The van der Waals surface area contributed by atoms with Gasteiger partial charge in [0, 0.05) is 5.56 Å². The number of halogens is 3. The standard InChI is InChI=1S/C13H16BrF2NO/c1-18-13-9(5-8-3-2-4-17-7-8)6-10(15)11(14)12(13)16/h6,8,17H,2-5,7H2,1H3. The van der Waals surface area contributed by atoms with E-state index in [1.807, 2.05) is 0 Å². The molecular formula is C13H16BrF2NO. The lowest BCUT2D eigenvalue weighted by molar-refractivity contribution is 0.351. The smallest absolute Gasteiger partial charge is 0.182 e. The minimum atomic E-state index is -0.656. The molecule has 18 heavy (non-hydrogen) atoms. The van der Waals surface area contributed by atoms with Crippen LogP contribution >= 0.6 is 15.9 Å². The van der Waals surface area contributed by atoms with Crippen molar-refractivity contribution in [3.63, 3.8) is 0 Å². The molecule has 1 aromatic rings. The normalized spacial score (nSPS) is 19.9. The second kappa shape index (κ2) is 5.97. The molecule has 0 radical (unpaired) electrons. The average Bonchev–Trinajstić information content (AvgIpc) is 2.38. The van der Waals surface area contributed by atoms with E-state index in [2.05, 4.69) is 21.2 Å². The van der Waals surface area contributed by atoms with Gasteiger partial charge in [0.15, 0.2) is 11.6 Å². The highest BCUT2D eigenvalue weighted by atomic mass is 79.9. The number of piperidine rings is 1. The van der Waals surface area contributed by atoms with Crippen molar-refractivity contribution in [3.05, 3.63) is 27.7 Å². The zero-order valence-corrected chi connectivity index (χ0v) is 11.8.